The molecule has 3 rings (SSSR count). The number of aromatic nitrogens is 2. The number of anilines is 3. The van der Waals surface area contributed by atoms with Crippen molar-refractivity contribution in [2.45, 2.75) is 6.92 Å². The van der Waals surface area contributed by atoms with Gasteiger partial charge >= 0.3 is 0 Å². The van der Waals surface area contributed by atoms with Gasteiger partial charge in [0.15, 0.2) is 0 Å². The van der Waals surface area contributed by atoms with Crippen LogP contribution in [0.25, 0.3) is 0 Å². The van der Waals surface area contributed by atoms with E-state index in [1.165, 1.54) is 24.5 Å². The van der Waals surface area contributed by atoms with Crippen molar-refractivity contribution in [3.05, 3.63) is 77.0 Å². The van der Waals surface area contributed by atoms with E-state index in [0.717, 1.165) is 5.56 Å². The van der Waals surface area contributed by atoms with Crippen molar-refractivity contribution < 1.29 is 9.18 Å². The number of benzene rings is 2. The number of hydrogen-bond donors (Lipinski definition) is 2. The minimum Gasteiger partial charge on any atom is -0.339 e. The Bertz CT molecular complexity index is 898. The van der Waals surface area contributed by atoms with Crippen molar-refractivity contribution in [2.75, 3.05) is 10.6 Å². The van der Waals surface area contributed by atoms with Crippen molar-refractivity contribution >= 4 is 34.7 Å². The third-order valence-corrected chi connectivity index (χ3v) is 3.68. The van der Waals surface area contributed by atoms with E-state index in [4.69, 9.17) is 11.6 Å². The first-order valence-corrected chi connectivity index (χ1v) is 7.81. The summed E-state index contributed by atoms with van der Waals surface area (Å²) in [7, 11) is 0. The number of nitrogens with one attached hydrogen (secondary N) is 2. The molecule has 0 aliphatic rings. The summed E-state index contributed by atoms with van der Waals surface area (Å²) in [6, 6.07) is 11.1. The molecule has 2 N–H and O–H groups in total. The van der Waals surface area contributed by atoms with Crippen LogP contribution in [-0.4, -0.2) is 15.9 Å². The molecule has 1 aromatic heterocycles. The van der Waals surface area contributed by atoms with E-state index in [-0.39, 0.29) is 17.4 Å². The summed E-state index contributed by atoms with van der Waals surface area (Å²) in [5.41, 5.74) is 2.35. The SMILES string of the molecule is Cc1ccc(Cl)cc1NC(=O)c1cnc(Nc2ccc(F)cc2)cn1. The Hall–Kier alpha value is -2.99. The highest BCUT2D eigenvalue weighted by atomic mass is 35.5. The molecule has 0 unspecified atom stereocenters. The molecule has 0 bridgehead atoms. The van der Waals surface area contributed by atoms with Gasteiger partial charge in [-0.15, -0.1) is 0 Å². The lowest BCUT2D eigenvalue weighted by molar-refractivity contribution is 0.102. The van der Waals surface area contributed by atoms with Gasteiger partial charge in [-0.2, -0.15) is 0 Å². The number of amides is 1. The first kappa shape index (κ1) is 16.9. The smallest absolute Gasteiger partial charge is 0.275 e. The summed E-state index contributed by atoms with van der Waals surface area (Å²) in [4.78, 5) is 20.5. The van der Waals surface area contributed by atoms with Crippen LogP contribution in [0.4, 0.5) is 21.6 Å². The Labute approximate surface area is 148 Å². The number of halogens is 2. The predicted molar refractivity (Wildman–Crippen MR) is 95.9 cm³/mol. The van der Waals surface area contributed by atoms with Crippen LogP contribution in [0.5, 0.6) is 0 Å². The Morgan fingerprint density at radius 1 is 1.08 bits per heavy atom. The third kappa shape index (κ3) is 4.30. The molecule has 25 heavy (non-hydrogen) atoms. The molecule has 1 amide bonds. The maximum Gasteiger partial charge on any atom is 0.275 e. The zero-order valence-corrected chi connectivity index (χ0v) is 14.0. The van der Waals surface area contributed by atoms with Crippen LogP contribution in [0.1, 0.15) is 16.1 Å². The average molecular weight is 357 g/mol. The summed E-state index contributed by atoms with van der Waals surface area (Å²) in [5, 5.41) is 6.26. The Balaban J connectivity index is 1.70. The fourth-order valence-electron chi connectivity index (χ4n) is 2.11. The second-order valence-electron chi connectivity index (χ2n) is 5.33. The Kier molecular flexibility index (Phi) is 4.90. The highest BCUT2D eigenvalue weighted by Crippen LogP contribution is 2.21. The number of carbonyl (C=O) groups is 1. The average Bonchev–Trinajstić information content (AvgIpc) is 2.61. The minimum absolute atomic E-state index is 0.170. The van der Waals surface area contributed by atoms with Gasteiger partial charge in [0.1, 0.15) is 17.3 Å². The molecule has 5 nitrogen and oxygen atoms in total. The zero-order chi connectivity index (χ0) is 17.8. The van der Waals surface area contributed by atoms with E-state index < -0.39 is 0 Å². The van der Waals surface area contributed by atoms with Gasteiger partial charge in [0, 0.05) is 16.4 Å². The minimum atomic E-state index is -0.383. The van der Waals surface area contributed by atoms with Gasteiger partial charge in [0.25, 0.3) is 5.91 Å². The first-order valence-electron chi connectivity index (χ1n) is 7.43. The molecule has 3 aromatic rings. The van der Waals surface area contributed by atoms with Crippen LogP contribution < -0.4 is 10.6 Å². The molecule has 2 aromatic carbocycles. The van der Waals surface area contributed by atoms with Gasteiger partial charge in [-0.1, -0.05) is 17.7 Å². The van der Waals surface area contributed by atoms with E-state index in [1.54, 1.807) is 24.3 Å². The van der Waals surface area contributed by atoms with Crippen LogP contribution in [0, 0.1) is 12.7 Å². The number of aryl methyl sites for hydroxylation is 1. The van der Waals surface area contributed by atoms with E-state index in [9.17, 15) is 9.18 Å². The van der Waals surface area contributed by atoms with E-state index >= 15 is 0 Å². The van der Waals surface area contributed by atoms with Gasteiger partial charge in [-0.3, -0.25) is 4.79 Å². The van der Waals surface area contributed by atoms with Gasteiger partial charge in [0.05, 0.1) is 12.4 Å². The lowest BCUT2D eigenvalue weighted by Crippen LogP contribution is -2.15. The second kappa shape index (κ2) is 7.27. The van der Waals surface area contributed by atoms with Crippen molar-refractivity contribution in [1.29, 1.82) is 0 Å². The first-order chi connectivity index (χ1) is 12.0. The molecular weight excluding hydrogens is 343 g/mol. The van der Waals surface area contributed by atoms with Crippen molar-refractivity contribution in [1.82, 2.24) is 9.97 Å². The number of hydrogen-bond acceptors (Lipinski definition) is 4. The molecule has 0 aliphatic heterocycles. The maximum atomic E-state index is 12.9. The summed E-state index contributed by atoms with van der Waals surface area (Å²) in [5.74, 6) is -0.256. The van der Waals surface area contributed by atoms with Gasteiger partial charge in [0.2, 0.25) is 0 Å². The van der Waals surface area contributed by atoms with Crippen LogP contribution in [-0.2, 0) is 0 Å². The highest BCUT2D eigenvalue weighted by Gasteiger charge is 2.10. The topological polar surface area (TPSA) is 66.9 Å². The Morgan fingerprint density at radius 3 is 2.52 bits per heavy atom. The summed E-state index contributed by atoms with van der Waals surface area (Å²) in [6.07, 6.45) is 2.80. The lowest BCUT2D eigenvalue weighted by atomic mass is 10.2. The van der Waals surface area contributed by atoms with E-state index in [0.29, 0.717) is 22.2 Å². The third-order valence-electron chi connectivity index (χ3n) is 3.45. The standard InChI is InChI=1S/C18H14ClFN4O/c1-11-2-3-12(19)8-15(11)24-18(25)16-9-22-17(10-21-16)23-14-6-4-13(20)5-7-14/h2-10H,1H3,(H,22,23)(H,24,25). The molecule has 126 valence electrons. The highest BCUT2D eigenvalue weighted by molar-refractivity contribution is 6.31. The fourth-order valence-corrected chi connectivity index (χ4v) is 2.28. The summed E-state index contributed by atoms with van der Waals surface area (Å²) >= 11 is 5.94. The van der Waals surface area contributed by atoms with Crippen LogP contribution >= 0.6 is 11.6 Å². The fraction of sp³-hybridized carbons (Fsp3) is 0.0556. The molecule has 0 spiro atoms. The molecule has 0 saturated carbocycles. The van der Waals surface area contributed by atoms with Crippen molar-refractivity contribution in [3.8, 4) is 0 Å². The predicted octanol–water partition coefficient (Wildman–Crippen LogP) is 4.57. The number of carbonyl (C=O) groups excluding carboxylic acids is 1. The molecule has 0 atom stereocenters. The number of nitrogens with zero attached hydrogens (tertiary/aromatic N) is 2. The molecule has 7 heteroatoms. The van der Waals surface area contributed by atoms with E-state index in [2.05, 4.69) is 20.6 Å². The van der Waals surface area contributed by atoms with Gasteiger partial charge in [-0.05, 0) is 48.9 Å². The van der Waals surface area contributed by atoms with Crippen molar-refractivity contribution in [3.63, 3.8) is 0 Å². The molecule has 0 fully saturated rings. The monoisotopic (exact) mass is 356 g/mol. The molecule has 0 saturated heterocycles. The lowest BCUT2D eigenvalue weighted by Gasteiger charge is -2.09. The van der Waals surface area contributed by atoms with Gasteiger partial charge in [-0.25, -0.2) is 14.4 Å². The van der Waals surface area contributed by atoms with Crippen LogP contribution in [0.2, 0.25) is 5.02 Å². The number of rotatable bonds is 4. The normalized spacial score (nSPS) is 10.4. The van der Waals surface area contributed by atoms with Gasteiger partial charge < -0.3 is 10.6 Å². The Morgan fingerprint density at radius 2 is 1.84 bits per heavy atom. The van der Waals surface area contributed by atoms with Crippen LogP contribution in [0.3, 0.4) is 0 Å². The second-order valence-corrected chi connectivity index (χ2v) is 5.77. The van der Waals surface area contributed by atoms with E-state index in [1.807, 2.05) is 13.0 Å². The largest absolute Gasteiger partial charge is 0.339 e. The molecule has 0 aliphatic carbocycles. The zero-order valence-electron chi connectivity index (χ0n) is 13.3. The van der Waals surface area contributed by atoms with Crippen molar-refractivity contribution in [2.24, 2.45) is 0 Å². The quantitative estimate of drug-likeness (QED) is 0.718. The molecular formula is C18H14ClFN4O. The molecule has 0 radical (unpaired) electrons. The maximum absolute atomic E-state index is 12.9. The summed E-state index contributed by atoms with van der Waals surface area (Å²) in [6.45, 7) is 1.87. The summed E-state index contributed by atoms with van der Waals surface area (Å²) < 4.78 is 12.9. The van der Waals surface area contributed by atoms with Crippen LogP contribution in [0.15, 0.2) is 54.9 Å². The molecule has 1 heterocycles.